The van der Waals surface area contributed by atoms with Crippen LogP contribution in [-0.4, -0.2) is 16.9 Å². The van der Waals surface area contributed by atoms with Gasteiger partial charge >= 0.3 is 5.97 Å². The van der Waals surface area contributed by atoms with E-state index in [9.17, 15) is 9.59 Å². The van der Waals surface area contributed by atoms with Gasteiger partial charge in [0.25, 0.3) is 0 Å². The highest BCUT2D eigenvalue weighted by Crippen LogP contribution is 2.28. The first kappa shape index (κ1) is 20.6. The number of hydrogen-bond donors (Lipinski definition) is 1. The number of unbranched alkanes of at least 4 members (excludes halogenated alkanes) is 5. The number of hydrogen-bond acceptors (Lipinski definition) is 4. The molecule has 134 valence electrons. The predicted molar refractivity (Wildman–Crippen MR) is 92.7 cm³/mol. The van der Waals surface area contributed by atoms with Crippen LogP contribution < -0.4 is 8.58 Å². The van der Waals surface area contributed by atoms with Crippen LogP contribution in [0.1, 0.15) is 56.9 Å². The molecule has 1 N–H and O–H groups in total. The van der Waals surface area contributed by atoms with Gasteiger partial charge in [0, 0.05) is 12.5 Å². The highest BCUT2D eigenvalue weighted by atomic mass is 35.5. The van der Waals surface area contributed by atoms with Gasteiger partial charge in [0.15, 0.2) is 5.75 Å². The summed E-state index contributed by atoms with van der Waals surface area (Å²) < 4.78 is 9.41. The first-order valence-corrected chi connectivity index (χ1v) is 8.62. The topological polar surface area (TPSA) is 72.8 Å². The maximum Gasteiger partial charge on any atom is 0.310 e. The zero-order chi connectivity index (χ0) is 17.8. The second-order valence-electron chi connectivity index (χ2n) is 5.65. The van der Waals surface area contributed by atoms with Gasteiger partial charge in [-0.05, 0) is 30.9 Å². The van der Waals surface area contributed by atoms with Gasteiger partial charge in [-0.3, -0.25) is 9.59 Å². The molecule has 1 aromatic rings. The van der Waals surface area contributed by atoms with Crippen LogP contribution in [0.15, 0.2) is 18.2 Å². The molecular formula is C17H22Cl2O5. The second kappa shape index (κ2) is 12.0. The van der Waals surface area contributed by atoms with Gasteiger partial charge in [0.2, 0.25) is 0 Å². The largest absolute Gasteiger partial charge is 0.481 e. The van der Waals surface area contributed by atoms with Crippen molar-refractivity contribution in [2.75, 3.05) is 0 Å². The fourth-order valence-corrected chi connectivity index (χ4v) is 2.70. The van der Waals surface area contributed by atoms with Crippen molar-refractivity contribution >= 4 is 35.5 Å². The molecule has 7 heteroatoms. The molecule has 0 saturated heterocycles. The maximum absolute atomic E-state index is 11.2. The Bertz CT molecular complexity index is 534. The number of halogens is 2. The number of aliphatic carboxylic acids is 1. The molecule has 0 aliphatic rings. The molecule has 0 saturated carbocycles. The number of aryl methyl sites for hydroxylation is 1. The SMILES string of the molecule is O=C(O)CC(=O)CCCCCCCCc1ccc(OCl)cc1OCl. The standard InChI is InChI=1S/C17H22Cl2O5/c18-23-15-10-9-13(16(12-15)24-19)7-5-3-1-2-4-6-8-14(20)11-17(21)22/h9-10,12H,1-8,11H2,(H,21,22). The van der Waals surface area contributed by atoms with E-state index in [1.165, 1.54) is 0 Å². The summed E-state index contributed by atoms with van der Waals surface area (Å²) in [6.07, 6.45) is 6.74. The van der Waals surface area contributed by atoms with Crippen molar-refractivity contribution in [3.63, 3.8) is 0 Å². The Morgan fingerprint density at radius 1 is 0.958 bits per heavy atom. The molecule has 0 spiro atoms. The van der Waals surface area contributed by atoms with Crippen LogP contribution in [0.2, 0.25) is 0 Å². The summed E-state index contributed by atoms with van der Waals surface area (Å²) in [4.78, 5) is 21.6. The van der Waals surface area contributed by atoms with E-state index >= 15 is 0 Å². The van der Waals surface area contributed by atoms with Crippen LogP contribution in [0.3, 0.4) is 0 Å². The maximum atomic E-state index is 11.2. The molecule has 0 atom stereocenters. The summed E-state index contributed by atoms with van der Waals surface area (Å²) in [6, 6.07) is 5.28. The molecule has 0 aliphatic carbocycles. The minimum Gasteiger partial charge on any atom is -0.481 e. The van der Waals surface area contributed by atoms with Gasteiger partial charge < -0.3 is 13.7 Å². The average Bonchev–Trinajstić information content (AvgIpc) is 2.56. The third-order valence-electron chi connectivity index (χ3n) is 3.71. The van der Waals surface area contributed by atoms with Gasteiger partial charge in [-0.25, -0.2) is 0 Å². The molecule has 0 unspecified atom stereocenters. The van der Waals surface area contributed by atoms with Crippen molar-refractivity contribution in [2.45, 2.75) is 57.8 Å². The number of carbonyl (C=O) groups excluding carboxylic acids is 1. The minimum atomic E-state index is -1.05. The summed E-state index contributed by atoms with van der Waals surface area (Å²) in [5.74, 6) is -0.216. The Hall–Kier alpha value is -1.46. The zero-order valence-corrected chi connectivity index (χ0v) is 14.9. The van der Waals surface area contributed by atoms with E-state index in [2.05, 4.69) is 4.29 Å². The zero-order valence-electron chi connectivity index (χ0n) is 13.4. The highest BCUT2D eigenvalue weighted by molar-refractivity contribution is 6.09. The molecule has 0 amide bonds. The summed E-state index contributed by atoms with van der Waals surface area (Å²) in [5, 5.41) is 8.49. The van der Waals surface area contributed by atoms with Crippen LogP contribution in [0.5, 0.6) is 11.5 Å². The van der Waals surface area contributed by atoms with Gasteiger partial charge in [0.1, 0.15) is 41.7 Å². The molecule has 0 fully saturated rings. The van der Waals surface area contributed by atoms with E-state index in [0.29, 0.717) is 17.9 Å². The fraction of sp³-hybridized carbons (Fsp3) is 0.529. The summed E-state index contributed by atoms with van der Waals surface area (Å²) in [6.45, 7) is 0. The van der Waals surface area contributed by atoms with E-state index in [-0.39, 0.29) is 12.2 Å². The lowest BCUT2D eigenvalue weighted by Gasteiger charge is -2.07. The van der Waals surface area contributed by atoms with Gasteiger partial charge in [-0.15, -0.1) is 0 Å². The predicted octanol–water partition coefficient (Wildman–Crippen LogP) is 5.07. The Morgan fingerprint density at radius 3 is 2.25 bits per heavy atom. The van der Waals surface area contributed by atoms with E-state index in [1.807, 2.05) is 6.07 Å². The molecule has 24 heavy (non-hydrogen) atoms. The Kier molecular flexibility index (Phi) is 10.3. The quantitative estimate of drug-likeness (QED) is 0.384. The van der Waals surface area contributed by atoms with Crippen molar-refractivity contribution in [3.05, 3.63) is 23.8 Å². The highest BCUT2D eigenvalue weighted by Gasteiger charge is 2.08. The van der Waals surface area contributed by atoms with Crippen LogP contribution in [0.4, 0.5) is 0 Å². The lowest BCUT2D eigenvalue weighted by atomic mass is 10.0. The number of carbonyl (C=O) groups is 2. The Balaban J connectivity index is 2.12. The van der Waals surface area contributed by atoms with Gasteiger partial charge in [-0.1, -0.05) is 31.7 Å². The molecule has 0 heterocycles. The molecule has 1 aromatic carbocycles. The van der Waals surface area contributed by atoms with E-state index in [1.54, 1.807) is 12.1 Å². The van der Waals surface area contributed by atoms with Crippen LogP contribution in [0.25, 0.3) is 0 Å². The Morgan fingerprint density at radius 2 is 1.62 bits per heavy atom. The van der Waals surface area contributed by atoms with Crippen molar-refractivity contribution < 1.29 is 23.3 Å². The number of ketones is 1. The summed E-state index contributed by atoms with van der Waals surface area (Å²) in [5.41, 5.74) is 1.00. The van der Waals surface area contributed by atoms with Crippen molar-refractivity contribution in [1.82, 2.24) is 0 Å². The first-order chi connectivity index (χ1) is 11.6. The number of carboxylic acids is 1. The first-order valence-electron chi connectivity index (χ1n) is 8.00. The average molecular weight is 377 g/mol. The molecule has 0 bridgehead atoms. The lowest BCUT2D eigenvalue weighted by molar-refractivity contribution is -0.140. The molecule has 5 nitrogen and oxygen atoms in total. The minimum absolute atomic E-state index is 0.194. The van der Waals surface area contributed by atoms with Gasteiger partial charge in [-0.2, -0.15) is 0 Å². The van der Waals surface area contributed by atoms with Crippen LogP contribution in [-0.2, 0) is 16.0 Å². The molecular weight excluding hydrogens is 355 g/mol. The van der Waals surface area contributed by atoms with Crippen LogP contribution >= 0.6 is 23.7 Å². The number of rotatable bonds is 13. The third-order valence-corrected chi connectivity index (χ3v) is 4.06. The van der Waals surface area contributed by atoms with Gasteiger partial charge in [0.05, 0.1) is 0 Å². The van der Waals surface area contributed by atoms with Crippen molar-refractivity contribution in [2.24, 2.45) is 0 Å². The number of carboxylic acid groups (broad SMARTS) is 1. The monoisotopic (exact) mass is 376 g/mol. The smallest absolute Gasteiger partial charge is 0.310 e. The normalized spacial score (nSPS) is 10.4. The number of Topliss-reactive ketones (excluding diaryl/α,β-unsaturated/α-hetero) is 1. The Labute approximate surface area is 152 Å². The second-order valence-corrected chi connectivity index (χ2v) is 5.96. The van der Waals surface area contributed by atoms with Crippen molar-refractivity contribution in [3.8, 4) is 11.5 Å². The lowest BCUT2D eigenvalue weighted by Crippen LogP contribution is -2.05. The van der Waals surface area contributed by atoms with E-state index in [0.717, 1.165) is 50.5 Å². The molecule has 0 aromatic heterocycles. The van der Waals surface area contributed by atoms with Crippen molar-refractivity contribution in [1.29, 1.82) is 0 Å². The summed E-state index contributed by atoms with van der Waals surface area (Å²) in [7, 11) is 0. The third kappa shape index (κ3) is 8.41. The molecule has 0 aliphatic heterocycles. The summed E-state index contributed by atoms with van der Waals surface area (Å²) >= 11 is 10.7. The molecule has 1 rings (SSSR count). The van der Waals surface area contributed by atoms with E-state index in [4.69, 9.17) is 33.1 Å². The number of benzene rings is 1. The van der Waals surface area contributed by atoms with E-state index < -0.39 is 5.97 Å². The molecule has 0 radical (unpaired) electrons. The fourth-order valence-electron chi connectivity index (χ4n) is 2.46. The van der Waals surface area contributed by atoms with Crippen LogP contribution in [0, 0.1) is 0 Å².